The maximum Gasteiger partial charge on any atom is 0.294 e. The van der Waals surface area contributed by atoms with Crippen molar-refractivity contribution in [2.45, 2.75) is 44.6 Å². The first-order valence-corrected chi connectivity index (χ1v) is 12.0. The highest BCUT2D eigenvalue weighted by molar-refractivity contribution is 6.12. The molecule has 1 aliphatic carbocycles. The van der Waals surface area contributed by atoms with Crippen molar-refractivity contribution in [2.75, 3.05) is 31.6 Å². The molecule has 0 radical (unpaired) electrons. The number of halogens is 1. The van der Waals surface area contributed by atoms with Gasteiger partial charge in [0.25, 0.3) is 5.91 Å². The molecule has 2 aromatic rings. The maximum atomic E-state index is 13.6. The monoisotopic (exact) mass is 465 g/mol. The van der Waals surface area contributed by atoms with Gasteiger partial charge in [0.2, 0.25) is 5.91 Å². The van der Waals surface area contributed by atoms with Gasteiger partial charge in [-0.15, -0.1) is 0 Å². The Balaban J connectivity index is 1.36. The van der Waals surface area contributed by atoms with E-state index >= 15 is 0 Å². The normalized spacial score (nSPS) is 17.6. The zero-order valence-electron chi connectivity index (χ0n) is 19.6. The first-order valence-electron chi connectivity index (χ1n) is 12.0. The third kappa shape index (κ3) is 6.03. The third-order valence-electron chi connectivity index (χ3n) is 6.49. The summed E-state index contributed by atoms with van der Waals surface area (Å²) in [5, 5.41) is 2.94. The van der Waals surface area contributed by atoms with Crippen LogP contribution in [0.5, 0.6) is 5.75 Å². The molecule has 0 bridgehead atoms. The van der Waals surface area contributed by atoms with Crippen molar-refractivity contribution in [3.63, 3.8) is 0 Å². The SMILES string of the molecule is CN(CCCNC(=O)CN1C(=O)C(=Cc2cccc(F)c2)Oc2ccccc21)C1CCCCC1. The summed E-state index contributed by atoms with van der Waals surface area (Å²) < 4.78 is 19.4. The minimum atomic E-state index is -0.435. The van der Waals surface area contributed by atoms with Gasteiger partial charge < -0.3 is 15.0 Å². The molecule has 4 rings (SSSR count). The van der Waals surface area contributed by atoms with Crippen LogP contribution in [0.25, 0.3) is 6.08 Å². The molecule has 2 aromatic carbocycles. The van der Waals surface area contributed by atoms with E-state index < -0.39 is 11.7 Å². The van der Waals surface area contributed by atoms with Gasteiger partial charge in [-0.2, -0.15) is 0 Å². The number of nitrogens with one attached hydrogen (secondary N) is 1. The average molecular weight is 466 g/mol. The van der Waals surface area contributed by atoms with Crippen LogP contribution in [0.15, 0.2) is 54.3 Å². The lowest BCUT2D eigenvalue weighted by Gasteiger charge is -2.31. The molecule has 1 heterocycles. The van der Waals surface area contributed by atoms with E-state index in [4.69, 9.17) is 4.74 Å². The molecule has 34 heavy (non-hydrogen) atoms. The van der Waals surface area contributed by atoms with E-state index in [9.17, 15) is 14.0 Å². The van der Waals surface area contributed by atoms with Gasteiger partial charge in [0.1, 0.15) is 12.4 Å². The molecule has 1 fully saturated rings. The van der Waals surface area contributed by atoms with Crippen molar-refractivity contribution in [2.24, 2.45) is 0 Å². The van der Waals surface area contributed by atoms with Crippen LogP contribution in [0, 0.1) is 5.82 Å². The lowest BCUT2D eigenvalue weighted by atomic mass is 9.94. The Labute approximate surface area is 200 Å². The van der Waals surface area contributed by atoms with Crippen molar-refractivity contribution in [1.82, 2.24) is 10.2 Å². The second kappa shape index (κ2) is 11.3. The van der Waals surface area contributed by atoms with Gasteiger partial charge >= 0.3 is 0 Å². The van der Waals surface area contributed by atoms with E-state index in [1.54, 1.807) is 36.4 Å². The minimum Gasteiger partial charge on any atom is -0.449 e. The Hall–Kier alpha value is -3.19. The van der Waals surface area contributed by atoms with Crippen molar-refractivity contribution in [3.8, 4) is 5.75 Å². The van der Waals surface area contributed by atoms with Gasteiger partial charge in [-0.1, -0.05) is 43.5 Å². The molecule has 1 aliphatic heterocycles. The van der Waals surface area contributed by atoms with Crippen LogP contribution in [0.3, 0.4) is 0 Å². The first kappa shape index (κ1) is 24.0. The molecule has 0 spiro atoms. The summed E-state index contributed by atoms with van der Waals surface area (Å²) in [6.07, 6.45) is 8.81. The van der Waals surface area contributed by atoms with Crippen molar-refractivity contribution >= 4 is 23.6 Å². The largest absolute Gasteiger partial charge is 0.449 e. The molecule has 7 heteroatoms. The van der Waals surface area contributed by atoms with Gasteiger partial charge in [-0.05, 0) is 68.8 Å². The number of carbonyl (C=O) groups is 2. The molecule has 0 unspecified atom stereocenters. The molecule has 0 aromatic heterocycles. The highest BCUT2D eigenvalue weighted by atomic mass is 19.1. The second-order valence-electron chi connectivity index (χ2n) is 9.00. The first-order chi connectivity index (χ1) is 16.5. The van der Waals surface area contributed by atoms with Crippen LogP contribution >= 0.6 is 0 Å². The van der Waals surface area contributed by atoms with Gasteiger partial charge in [0, 0.05) is 12.6 Å². The van der Waals surface area contributed by atoms with E-state index in [1.807, 2.05) is 0 Å². The van der Waals surface area contributed by atoms with Crippen LogP contribution < -0.4 is 15.0 Å². The second-order valence-corrected chi connectivity index (χ2v) is 9.00. The number of anilines is 1. The number of hydrogen-bond donors (Lipinski definition) is 1. The fourth-order valence-electron chi connectivity index (χ4n) is 4.63. The lowest BCUT2D eigenvalue weighted by molar-refractivity contribution is -0.123. The lowest BCUT2D eigenvalue weighted by Crippen LogP contribution is -2.44. The molecule has 180 valence electrons. The number of fused-ring (bicyclic) bond motifs is 1. The number of rotatable bonds is 8. The molecular weight excluding hydrogens is 433 g/mol. The van der Waals surface area contributed by atoms with Gasteiger partial charge in [-0.25, -0.2) is 4.39 Å². The number of ether oxygens (including phenoxy) is 1. The number of para-hydroxylation sites is 2. The summed E-state index contributed by atoms with van der Waals surface area (Å²) in [6, 6.07) is 13.7. The van der Waals surface area contributed by atoms with Crippen LogP contribution in [0.2, 0.25) is 0 Å². The Kier molecular flexibility index (Phi) is 7.95. The summed E-state index contributed by atoms with van der Waals surface area (Å²) in [5.74, 6) is -0.535. The summed E-state index contributed by atoms with van der Waals surface area (Å²) in [6.45, 7) is 1.38. The Morgan fingerprint density at radius 3 is 2.76 bits per heavy atom. The van der Waals surface area contributed by atoms with E-state index in [-0.39, 0.29) is 18.2 Å². The minimum absolute atomic E-state index is 0.0474. The summed E-state index contributed by atoms with van der Waals surface area (Å²) in [5.41, 5.74) is 1.05. The standard InChI is InChI=1S/C27H32FN3O3/c1-30(22-11-3-2-4-12-22)16-8-15-29-26(32)19-31-23-13-5-6-14-24(23)34-25(27(31)33)18-20-9-7-10-21(28)17-20/h5-7,9-10,13-14,17-18,22H,2-4,8,11-12,15-16,19H2,1H3,(H,29,32). The average Bonchev–Trinajstić information content (AvgIpc) is 2.85. The molecule has 1 N–H and O–H groups in total. The third-order valence-corrected chi connectivity index (χ3v) is 6.49. The van der Waals surface area contributed by atoms with E-state index in [0.717, 1.165) is 13.0 Å². The smallest absolute Gasteiger partial charge is 0.294 e. The predicted octanol–water partition coefficient (Wildman–Crippen LogP) is 4.36. The van der Waals surface area contributed by atoms with Crippen molar-refractivity contribution < 1.29 is 18.7 Å². The molecule has 0 atom stereocenters. The van der Waals surface area contributed by atoms with E-state index in [0.29, 0.717) is 29.6 Å². The topological polar surface area (TPSA) is 61.9 Å². The molecule has 1 saturated carbocycles. The number of amides is 2. The molecule has 2 aliphatic rings. The van der Waals surface area contributed by atoms with E-state index in [1.165, 1.54) is 55.2 Å². The number of benzene rings is 2. The highest BCUT2D eigenvalue weighted by Gasteiger charge is 2.31. The quantitative estimate of drug-likeness (QED) is 0.465. The van der Waals surface area contributed by atoms with Crippen LogP contribution in [-0.4, -0.2) is 49.4 Å². The number of carbonyl (C=O) groups excluding carboxylic acids is 2. The zero-order valence-corrected chi connectivity index (χ0v) is 19.6. The van der Waals surface area contributed by atoms with Crippen LogP contribution in [0.4, 0.5) is 10.1 Å². The van der Waals surface area contributed by atoms with Gasteiger partial charge in [0.15, 0.2) is 11.5 Å². The fourth-order valence-corrected chi connectivity index (χ4v) is 4.63. The summed E-state index contributed by atoms with van der Waals surface area (Å²) >= 11 is 0. The van der Waals surface area contributed by atoms with Crippen LogP contribution in [-0.2, 0) is 9.59 Å². The highest BCUT2D eigenvalue weighted by Crippen LogP contribution is 2.35. The maximum absolute atomic E-state index is 13.6. The Morgan fingerprint density at radius 1 is 1.18 bits per heavy atom. The fraction of sp³-hybridized carbons (Fsp3) is 0.407. The van der Waals surface area contributed by atoms with Gasteiger partial charge in [-0.3, -0.25) is 14.5 Å². The molecular formula is C27H32FN3O3. The molecule has 2 amide bonds. The van der Waals surface area contributed by atoms with Crippen LogP contribution in [0.1, 0.15) is 44.1 Å². The van der Waals surface area contributed by atoms with Gasteiger partial charge in [0.05, 0.1) is 5.69 Å². The van der Waals surface area contributed by atoms with E-state index in [2.05, 4.69) is 17.3 Å². The number of hydrogen-bond acceptors (Lipinski definition) is 4. The van der Waals surface area contributed by atoms with Crippen molar-refractivity contribution in [1.29, 1.82) is 0 Å². The zero-order chi connectivity index (χ0) is 23.9. The Bertz CT molecular complexity index is 1050. The predicted molar refractivity (Wildman–Crippen MR) is 131 cm³/mol. The molecule has 0 saturated heterocycles. The Morgan fingerprint density at radius 2 is 1.97 bits per heavy atom. The summed E-state index contributed by atoms with van der Waals surface area (Å²) in [4.78, 5) is 29.7. The van der Waals surface area contributed by atoms with Crippen molar-refractivity contribution in [3.05, 3.63) is 65.7 Å². The summed E-state index contributed by atoms with van der Waals surface area (Å²) in [7, 11) is 2.16. The number of nitrogens with zero attached hydrogens (tertiary/aromatic N) is 2. The molecule has 6 nitrogen and oxygen atoms in total.